The van der Waals surface area contributed by atoms with E-state index in [1.165, 1.54) is 17.1 Å². The second-order valence-corrected chi connectivity index (χ2v) is 7.47. The van der Waals surface area contributed by atoms with Gasteiger partial charge < -0.3 is 4.90 Å². The Bertz CT molecular complexity index is 616. The molecule has 6 heteroatoms. The van der Waals surface area contributed by atoms with Gasteiger partial charge in [-0.05, 0) is 37.6 Å². The number of nitriles is 1. The SMILES string of the molecule is CN(CCN1CCCC1)S(=O)(=O)Cc1ccccc1C#N. The maximum Gasteiger partial charge on any atom is 0.218 e. The van der Waals surface area contributed by atoms with Gasteiger partial charge in [-0.15, -0.1) is 0 Å². The molecule has 0 amide bonds. The lowest BCUT2D eigenvalue weighted by Gasteiger charge is -2.21. The van der Waals surface area contributed by atoms with Gasteiger partial charge in [0, 0.05) is 20.1 Å². The van der Waals surface area contributed by atoms with Crippen LogP contribution in [0.25, 0.3) is 0 Å². The van der Waals surface area contributed by atoms with Crippen LogP contribution in [0.3, 0.4) is 0 Å². The van der Waals surface area contributed by atoms with Crippen molar-refractivity contribution in [1.82, 2.24) is 9.21 Å². The molecule has 2 rings (SSSR count). The molecule has 0 aliphatic carbocycles. The minimum absolute atomic E-state index is 0.118. The fourth-order valence-electron chi connectivity index (χ4n) is 2.49. The van der Waals surface area contributed by atoms with E-state index in [2.05, 4.69) is 4.90 Å². The van der Waals surface area contributed by atoms with E-state index in [4.69, 9.17) is 5.26 Å². The van der Waals surface area contributed by atoms with Crippen molar-refractivity contribution in [2.45, 2.75) is 18.6 Å². The number of likely N-dealkylation sites (N-methyl/N-ethyl adjacent to an activating group) is 1. The Kier molecular flexibility index (Phi) is 5.34. The summed E-state index contributed by atoms with van der Waals surface area (Å²) in [5, 5.41) is 9.04. The van der Waals surface area contributed by atoms with E-state index >= 15 is 0 Å². The van der Waals surface area contributed by atoms with Crippen LogP contribution in [0.2, 0.25) is 0 Å². The summed E-state index contributed by atoms with van der Waals surface area (Å²) in [7, 11) is -1.77. The van der Waals surface area contributed by atoms with E-state index in [1.807, 2.05) is 6.07 Å². The molecule has 1 saturated heterocycles. The molecule has 0 radical (unpaired) electrons. The lowest BCUT2D eigenvalue weighted by molar-refractivity contribution is 0.310. The van der Waals surface area contributed by atoms with Gasteiger partial charge in [-0.25, -0.2) is 12.7 Å². The van der Waals surface area contributed by atoms with Gasteiger partial charge in [-0.2, -0.15) is 5.26 Å². The van der Waals surface area contributed by atoms with Crippen molar-refractivity contribution in [3.05, 3.63) is 35.4 Å². The molecular formula is C15H21N3O2S. The molecule has 0 N–H and O–H groups in total. The summed E-state index contributed by atoms with van der Waals surface area (Å²) in [4.78, 5) is 2.29. The van der Waals surface area contributed by atoms with Crippen molar-refractivity contribution >= 4 is 10.0 Å². The number of sulfonamides is 1. The van der Waals surface area contributed by atoms with Crippen molar-refractivity contribution in [2.75, 3.05) is 33.2 Å². The highest BCUT2D eigenvalue weighted by atomic mass is 32.2. The Morgan fingerprint density at radius 3 is 2.62 bits per heavy atom. The number of nitrogens with zero attached hydrogens (tertiary/aromatic N) is 3. The number of likely N-dealkylation sites (tertiary alicyclic amines) is 1. The summed E-state index contributed by atoms with van der Waals surface area (Å²) < 4.78 is 26.1. The molecule has 114 valence electrons. The van der Waals surface area contributed by atoms with E-state index in [-0.39, 0.29) is 5.75 Å². The summed E-state index contributed by atoms with van der Waals surface area (Å²) in [5.74, 6) is -0.118. The van der Waals surface area contributed by atoms with Crippen molar-refractivity contribution < 1.29 is 8.42 Å². The van der Waals surface area contributed by atoms with Gasteiger partial charge >= 0.3 is 0 Å². The van der Waals surface area contributed by atoms with Gasteiger partial charge in [0.05, 0.1) is 17.4 Å². The Balaban J connectivity index is 1.98. The second-order valence-electron chi connectivity index (χ2n) is 5.40. The lowest BCUT2D eigenvalue weighted by Crippen LogP contribution is -2.35. The molecule has 1 aromatic rings. The highest BCUT2D eigenvalue weighted by Gasteiger charge is 2.21. The third kappa shape index (κ3) is 4.27. The number of hydrogen-bond acceptors (Lipinski definition) is 4. The summed E-state index contributed by atoms with van der Waals surface area (Å²) in [5.41, 5.74) is 0.988. The molecule has 0 unspecified atom stereocenters. The first kappa shape index (κ1) is 16.0. The number of benzene rings is 1. The maximum atomic E-state index is 12.4. The van der Waals surface area contributed by atoms with Crippen LogP contribution in [0.4, 0.5) is 0 Å². The summed E-state index contributed by atoms with van der Waals surface area (Å²) in [6.07, 6.45) is 2.40. The standard InChI is InChI=1S/C15H21N3O2S/c1-17(10-11-18-8-4-5-9-18)21(19,20)13-15-7-3-2-6-14(15)12-16/h2-3,6-7H,4-5,8-11,13H2,1H3. The topological polar surface area (TPSA) is 64.4 Å². The zero-order valence-corrected chi connectivity index (χ0v) is 13.1. The van der Waals surface area contributed by atoms with E-state index in [0.717, 1.165) is 19.6 Å². The highest BCUT2D eigenvalue weighted by Crippen LogP contribution is 2.14. The van der Waals surface area contributed by atoms with Crippen LogP contribution in [0.1, 0.15) is 24.0 Å². The Morgan fingerprint density at radius 1 is 1.29 bits per heavy atom. The molecule has 0 aromatic heterocycles. The van der Waals surface area contributed by atoms with Crippen LogP contribution in [0, 0.1) is 11.3 Å². The zero-order chi connectivity index (χ0) is 15.3. The number of hydrogen-bond donors (Lipinski definition) is 0. The van der Waals surface area contributed by atoms with Gasteiger partial charge in [0.15, 0.2) is 0 Å². The molecule has 1 aliphatic rings. The fraction of sp³-hybridized carbons (Fsp3) is 0.533. The van der Waals surface area contributed by atoms with E-state index in [0.29, 0.717) is 17.7 Å². The fourth-order valence-corrected chi connectivity index (χ4v) is 3.71. The average molecular weight is 307 g/mol. The molecule has 5 nitrogen and oxygen atoms in total. The minimum Gasteiger partial charge on any atom is -0.302 e. The highest BCUT2D eigenvalue weighted by molar-refractivity contribution is 7.88. The van der Waals surface area contributed by atoms with Crippen LogP contribution in [-0.2, 0) is 15.8 Å². The molecular weight excluding hydrogens is 286 g/mol. The van der Waals surface area contributed by atoms with Gasteiger partial charge in [0.2, 0.25) is 10.0 Å². The molecule has 0 atom stereocenters. The molecule has 21 heavy (non-hydrogen) atoms. The molecule has 1 heterocycles. The van der Waals surface area contributed by atoms with Crippen LogP contribution in [0.5, 0.6) is 0 Å². The molecule has 1 fully saturated rings. The number of rotatable bonds is 6. The van der Waals surface area contributed by atoms with E-state index in [9.17, 15) is 8.42 Å². The van der Waals surface area contributed by atoms with Crippen LogP contribution in [0.15, 0.2) is 24.3 Å². The minimum atomic E-state index is -3.38. The quantitative estimate of drug-likeness (QED) is 0.797. The molecule has 0 spiro atoms. The zero-order valence-electron chi connectivity index (χ0n) is 12.3. The maximum absolute atomic E-state index is 12.4. The summed E-state index contributed by atoms with van der Waals surface area (Å²) in [6, 6.07) is 8.89. The molecule has 1 aliphatic heterocycles. The average Bonchev–Trinajstić information content (AvgIpc) is 2.98. The normalized spacial score (nSPS) is 16.2. The van der Waals surface area contributed by atoms with Crippen LogP contribution < -0.4 is 0 Å². The van der Waals surface area contributed by atoms with Crippen molar-refractivity contribution in [1.29, 1.82) is 5.26 Å². The lowest BCUT2D eigenvalue weighted by atomic mass is 10.1. The Labute approximate surface area is 126 Å². The van der Waals surface area contributed by atoms with Crippen LogP contribution in [-0.4, -0.2) is 50.8 Å². The van der Waals surface area contributed by atoms with Gasteiger partial charge in [0.25, 0.3) is 0 Å². The molecule has 1 aromatic carbocycles. The van der Waals surface area contributed by atoms with Gasteiger partial charge in [-0.1, -0.05) is 18.2 Å². The predicted octanol–water partition coefficient (Wildman–Crippen LogP) is 1.42. The first-order valence-corrected chi connectivity index (χ1v) is 8.78. The Hall–Kier alpha value is -1.42. The van der Waals surface area contributed by atoms with Gasteiger partial charge in [-0.3, -0.25) is 0 Å². The third-order valence-corrected chi connectivity index (χ3v) is 5.69. The Morgan fingerprint density at radius 2 is 1.95 bits per heavy atom. The smallest absolute Gasteiger partial charge is 0.218 e. The van der Waals surface area contributed by atoms with Crippen molar-refractivity contribution in [3.63, 3.8) is 0 Å². The van der Waals surface area contributed by atoms with Gasteiger partial charge in [0.1, 0.15) is 0 Å². The van der Waals surface area contributed by atoms with Crippen molar-refractivity contribution in [3.8, 4) is 6.07 Å². The summed E-state index contributed by atoms with van der Waals surface area (Å²) in [6.45, 7) is 3.39. The van der Waals surface area contributed by atoms with Crippen molar-refractivity contribution in [2.24, 2.45) is 0 Å². The predicted molar refractivity (Wildman–Crippen MR) is 82.1 cm³/mol. The second kappa shape index (κ2) is 7.03. The van der Waals surface area contributed by atoms with E-state index in [1.54, 1.807) is 31.3 Å². The monoisotopic (exact) mass is 307 g/mol. The largest absolute Gasteiger partial charge is 0.302 e. The third-order valence-electron chi connectivity index (χ3n) is 3.88. The summed E-state index contributed by atoms with van der Waals surface area (Å²) >= 11 is 0. The first-order valence-electron chi connectivity index (χ1n) is 7.17. The van der Waals surface area contributed by atoms with E-state index < -0.39 is 10.0 Å². The molecule has 0 saturated carbocycles. The van der Waals surface area contributed by atoms with Crippen LogP contribution >= 0.6 is 0 Å². The molecule has 0 bridgehead atoms. The first-order chi connectivity index (χ1) is 10.0.